The van der Waals surface area contributed by atoms with Gasteiger partial charge >= 0.3 is 0 Å². The molecule has 0 saturated heterocycles. The summed E-state index contributed by atoms with van der Waals surface area (Å²) in [4.78, 5) is 8.36. The number of rotatable bonds is 15. The van der Waals surface area contributed by atoms with E-state index in [1.165, 1.54) is 96.4 Å². The lowest BCUT2D eigenvalue weighted by molar-refractivity contribution is -0.742. The Bertz CT molecular complexity index is 409. The summed E-state index contributed by atoms with van der Waals surface area (Å²) in [6.45, 7) is 3.47. The first kappa shape index (κ1) is 24.4. The summed E-state index contributed by atoms with van der Waals surface area (Å²) in [5.41, 5.74) is 0. The molecule has 5 heteroatoms. The zero-order valence-corrected chi connectivity index (χ0v) is 16.7. The molecular formula is C21H39N2O3+. The first-order valence-electron chi connectivity index (χ1n) is 10.4. The van der Waals surface area contributed by atoms with Crippen molar-refractivity contribution in [2.45, 2.75) is 103 Å². The molecule has 0 unspecified atom stereocenters. The molecule has 0 fully saturated rings. The molecule has 0 aliphatic heterocycles. The maximum Gasteiger partial charge on any atom is 0.291 e. The number of unbranched alkanes of at least 4 members (excludes halogenated alkanes) is 13. The highest BCUT2D eigenvalue weighted by Gasteiger charge is 1.98. The Morgan fingerprint density at radius 2 is 1.08 bits per heavy atom. The zero-order valence-electron chi connectivity index (χ0n) is 16.7. The van der Waals surface area contributed by atoms with Gasteiger partial charge in [0.15, 0.2) is 12.4 Å². The van der Waals surface area contributed by atoms with Crippen LogP contribution in [0.25, 0.3) is 0 Å². The van der Waals surface area contributed by atoms with Crippen LogP contribution in [0.3, 0.4) is 0 Å². The Morgan fingerprint density at radius 1 is 0.731 bits per heavy atom. The Morgan fingerprint density at radius 3 is 1.46 bits per heavy atom. The summed E-state index contributed by atoms with van der Waals surface area (Å²) in [7, 11) is 0. The van der Waals surface area contributed by atoms with E-state index >= 15 is 0 Å². The fourth-order valence-corrected chi connectivity index (χ4v) is 3.07. The first-order chi connectivity index (χ1) is 12.7. The molecule has 0 aromatic carbocycles. The lowest BCUT2D eigenvalue weighted by atomic mass is 10.0. The van der Waals surface area contributed by atoms with Crippen LogP contribution in [0.15, 0.2) is 30.6 Å². The second kappa shape index (κ2) is 19.7. The van der Waals surface area contributed by atoms with E-state index in [9.17, 15) is 0 Å². The van der Waals surface area contributed by atoms with E-state index in [0.717, 1.165) is 0 Å². The van der Waals surface area contributed by atoms with E-state index in [0.29, 0.717) is 0 Å². The maximum atomic E-state index is 8.36. The maximum absolute atomic E-state index is 8.36. The normalized spacial score (nSPS) is 10.2. The van der Waals surface area contributed by atoms with Gasteiger partial charge in [0.25, 0.3) is 5.09 Å². The molecule has 1 aromatic heterocycles. The van der Waals surface area contributed by atoms with Gasteiger partial charge in [-0.1, -0.05) is 90.0 Å². The van der Waals surface area contributed by atoms with Crippen LogP contribution in [0.5, 0.6) is 0 Å². The monoisotopic (exact) mass is 367 g/mol. The first-order valence-corrected chi connectivity index (χ1v) is 10.4. The minimum atomic E-state index is -1.50. The van der Waals surface area contributed by atoms with Gasteiger partial charge in [-0.2, -0.15) is 0 Å². The van der Waals surface area contributed by atoms with Crippen LogP contribution < -0.4 is 4.57 Å². The minimum Gasteiger partial charge on any atom is -0.328 e. The third-order valence-corrected chi connectivity index (χ3v) is 4.55. The fourth-order valence-electron chi connectivity index (χ4n) is 3.07. The molecular weight excluding hydrogens is 328 g/mol. The molecule has 0 spiro atoms. The van der Waals surface area contributed by atoms with Crippen molar-refractivity contribution in [1.29, 1.82) is 0 Å². The van der Waals surface area contributed by atoms with Crippen molar-refractivity contribution in [2.24, 2.45) is 0 Å². The van der Waals surface area contributed by atoms with Crippen molar-refractivity contribution in [1.82, 2.24) is 0 Å². The second-order valence-electron chi connectivity index (χ2n) is 6.95. The smallest absolute Gasteiger partial charge is 0.291 e. The van der Waals surface area contributed by atoms with Crippen LogP contribution in [0.1, 0.15) is 96.8 Å². The quantitative estimate of drug-likeness (QED) is 0.176. The molecule has 0 radical (unpaired) electrons. The Labute approximate surface area is 159 Å². The van der Waals surface area contributed by atoms with Crippen LogP contribution in [-0.2, 0) is 6.54 Å². The van der Waals surface area contributed by atoms with E-state index in [4.69, 9.17) is 15.3 Å². The predicted octanol–water partition coefficient (Wildman–Crippen LogP) is 6.11. The molecule has 5 nitrogen and oxygen atoms in total. The number of hydrogen-bond acceptors (Lipinski definition) is 2. The van der Waals surface area contributed by atoms with Gasteiger partial charge in [0.1, 0.15) is 6.54 Å². The Balaban J connectivity index is 0.00000141. The fraction of sp³-hybridized carbons (Fsp3) is 0.762. The van der Waals surface area contributed by atoms with Crippen molar-refractivity contribution in [2.75, 3.05) is 0 Å². The number of nitrogens with zero attached hydrogens (tertiary/aromatic N) is 2. The van der Waals surface area contributed by atoms with E-state index in [1.807, 2.05) is 0 Å². The summed E-state index contributed by atoms with van der Waals surface area (Å²) in [5.74, 6) is 0. The number of pyridine rings is 1. The van der Waals surface area contributed by atoms with Crippen molar-refractivity contribution in [3.8, 4) is 0 Å². The molecule has 0 amide bonds. The van der Waals surface area contributed by atoms with E-state index in [2.05, 4.69) is 42.1 Å². The Kier molecular flexibility index (Phi) is 18.4. The highest BCUT2D eigenvalue weighted by molar-refractivity contribution is 4.83. The van der Waals surface area contributed by atoms with Crippen molar-refractivity contribution < 1.29 is 14.9 Å². The van der Waals surface area contributed by atoms with Crippen molar-refractivity contribution >= 4 is 0 Å². The lowest BCUT2D eigenvalue weighted by Gasteiger charge is -2.02. The molecule has 1 heterocycles. The molecule has 0 aliphatic carbocycles. The van der Waals surface area contributed by atoms with Gasteiger partial charge in [-0.05, 0) is 6.42 Å². The van der Waals surface area contributed by atoms with Gasteiger partial charge in [-0.3, -0.25) is 0 Å². The molecule has 1 rings (SSSR count). The zero-order chi connectivity index (χ0) is 19.3. The van der Waals surface area contributed by atoms with Gasteiger partial charge < -0.3 is 5.21 Å². The van der Waals surface area contributed by atoms with Crippen molar-refractivity contribution in [3.05, 3.63) is 40.7 Å². The van der Waals surface area contributed by atoms with Gasteiger partial charge in [0, 0.05) is 18.6 Å². The molecule has 150 valence electrons. The van der Waals surface area contributed by atoms with Crippen LogP contribution in [0.4, 0.5) is 0 Å². The van der Waals surface area contributed by atoms with Crippen LogP contribution >= 0.6 is 0 Å². The third kappa shape index (κ3) is 20.4. The number of aryl methyl sites for hydroxylation is 1. The summed E-state index contributed by atoms with van der Waals surface area (Å²) in [6, 6.07) is 6.31. The van der Waals surface area contributed by atoms with Gasteiger partial charge in [-0.25, -0.2) is 4.57 Å². The molecule has 1 N–H and O–H groups in total. The number of hydrogen-bond donors (Lipinski definition) is 1. The van der Waals surface area contributed by atoms with Gasteiger partial charge in [-0.15, -0.1) is 10.1 Å². The molecule has 0 bridgehead atoms. The third-order valence-electron chi connectivity index (χ3n) is 4.55. The summed E-state index contributed by atoms with van der Waals surface area (Å²) in [6.07, 6.45) is 24.4. The van der Waals surface area contributed by atoms with Gasteiger partial charge in [0.05, 0.1) is 0 Å². The molecule has 26 heavy (non-hydrogen) atoms. The van der Waals surface area contributed by atoms with Crippen molar-refractivity contribution in [3.63, 3.8) is 0 Å². The van der Waals surface area contributed by atoms with Crippen LogP contribution in [0.2, 0.25) is 0 Å². The largest absolute Gasteiger partial charge is 0.328 e. The molecule has 0 aliphatic rings. The lowest BCUT2D eigenvalue weighted by Crippen LogP contribution is -2.32. The highest BCUT2D eigenvalue weighted by Crippen LogP contribution is 2.12. The number of aromatic nitrogens is 1. The van der Waals surface area contributed by atoms with Gasteiger partial charge in [0.2, 0.25) is 0 Å². The highest BCUT2D eigenvalue weighted by atomic mass is 16.9. The average Bonchev–Trinajstić information content (AvgIpc) is 2.62. The molecule has 1 aromatic rings. The topological polar surface area (TPSA) is 67.2 Å². The predicted molar refractivity (Wildman–Crippen MR) is 106 cm³/mol. The molecule has 0 saturated carbocycles. The standard InChI is InChI=1S/C21H38N.HNO3/c1-2-3-4-5-6-7-8-9-10-11-12-13-14-16-19-22-20-17-15-18-21-22;2-1(3)4/h15,17-18,20-21H,2-14,16,19H2,1H3;(H,2,3,4)/q+1;. The van der Waals surface area contributed by atoms with E-state index < -0.39 is 5.09 Å². The SMILES string of the molecule is CCCCCCCCCCCCCCCC[n+]1ccccc1.O=[N+]([O-])O. The molecule has 0 atom stereocenters. The average molecular weight is 368 g/mol. The Hall–Kier alpha value is -1.65. The summed E-state index contributed by atoms with van der Waals surface area (Å²) in [5, 5.41) is 13.6. The minimum absolute atomic E-state index is 1.18. The summed E-state index contributed by atoms with van der Waals surface area (Å²) < 4.78 is 2.29. The van der Waals surface area contributed by atoms with Crippen LogP contribution in [-0.4, -0.2) is 10.3 Å². The van der Waals surface area contributed by atoms with E-state index in [1.54, 1.807) is 0 Å². The summed E-state index contributed by atoms with van der Waals surface area (Å²) >= 11 is 0. The second-order valence-corrected chi connectivity index (χ2v) is 6.95. The van der Waals surface area contributed by atoms with E-state index in [-0.39, 0.29) is 0 Å². The van der Waals surface area contributed by atoms with Crippen LogP contribution in [0, 0.1) is 10.1 Å².